The molecule has 1 N–H and O–H groups in total. The highest BCUT2D eigenvalue weighted by atomic mass is 32.1. The maximum absolute atomic E-state index is 4.65. The molecule has 0 amide bonds. The molecule has 0 spiro atoms. The molecule has 0 fully saturated rings. The van der Waals surface area contributed by atoms with Crippen LogP contribution in [0.4, 0.5) is 5.13 Å². The van der Waals surface area contributed by atoms with Gasteiger partial charge in [-0.1, -0.05) is 13.3 Å². The van der Waals surface area contributed by atoms with Crippen molar-refractivity contribution in [2.24, 2.45) is 0 Å². The maximum Gasteiger partial charge on any atom is 0.183 e. The van der Waals surface area contributed by atoms with Gasteiger partial charge in [-0.05, 0) is 27.2 Å². The van der Waals surface area contributed by atoms with Crippen molar-refractivity contribution in [1.29, 1.82) is 0 Å². The van der Waals surface area contributed by atoms with Crippen molar-refractivity contribution in [3.63, 3.8) is 0 Å². The van der Waals surface area contributed by atoms with Gasteiger partial charge in [0.25, 0.3) is 0 Å². The SMILES string of the molecule is CCCc1nc(C)sc1-c1csc(NC(C)C)n1. The van der Waals surface area contributed by atoms with Gasteiger partial charge in [-0.25, -0.2) is 9.97 Å². The molecule has 0 aliphatic rings. The van der Waals surface area contributed by atoms with Crippen LogP contribution in [0.5, 0.6) is 0 Å². The van der Waals surface area contributed by atoms with Gasteiger partial charge in [0.1, 0.15) is 0 Å². The fourth-order valence-electron chi connectivity index (χ4n) is 1.77. The number of thiazole rings is 2. The van der Waals surface area contributed by atoms with Gasteiger partial charge in [-0.3, -0.25) is 0 Å². The number of nitrogens with zero attached hydrogens (tertiary/aromatic N) is 2. The van der Waals surface area contributed by atoms with Gasteiger partial charge in [0.15, 0.2) is 5.13 Å². The van der Waals surface area contributed by atoms with Crippen LogP contribution in [0.2, 0.25) is 0 Å². The zero-order valence-corrected chi connectivity index (χ0v) is 12.9. The highest BCUT2D eigenvalue weighted by molar-refractivity contribution is 7.16. The summed E-state index contributed by atoms with van der Waals surface area (Å²) in [5.74, 6) is 0. The van der Waals surface area contributed by atoms with E-state index in [0.717, 1.165) is 28.7 Å². The Balaban J connectivity index is 2.27. The zero-order chi connectivity index (χ0) is 13.1. The van der Waals surface area contributed by atoms with Crippen molar-refractivity contribution in [2.45, 2.75) is 46.6 Å². The molecule has 5 heteroatoms. The average molecular weight is 281 g/mol. The summed E-state index contributed by atoms with van der Waals surface area (Å²) >= 11 is 3.41. The summed E-state index contributed by atoms with van der Waals surface area (Å²) in [5, 5.41) is 7.59. The van der Waals surface area contributed by atoms with E-state index in [1.54, 1.807) is 22.7 Å². The molecule has 0 unspecified atom stereocenters. The third-order valence-electron chi connectivity index (χ3n) is 2.44. The smallest absolute Gasteiger partial charge is 0.183 e. The molecule has 3 nitrogen and oxygen atoms in total. The van der Waals surface area contributed by atoms with Crippen molar-refractivity contribution in [1.82, 2.24) is 9.97 Å². The van der Waals surface area contributed by atoms with Gasteiger partial charge in [0.2, 0.25) is 0 Å². The first-order valence-corrected chi connectivity index (χ1v) is 7.98. The lowest BCUT2D eigenvalue weighted by atomic mass is 10.2. The first kappa shape index (κ1) is 13.5. The third-order valence-corrected chi connectivity index (χ3v) is 4.25. The number of hydrogen-bond acceptors (Lipinski definition) is 5. The molecule has 18 heavy (non-hydrogen) atoms. The molecule has 2 aromatic rings. The van der Waals surface area contributed by atoms with E-state index in [2.05, 4.69) is 48.4 Å². The molecule has 0 saturated carbocycles. The van der Waals surface area contributed by atoms with Crippen LogP contribution < -0.4 is 5.32 Å². The Kier molecular flexibility index (Phi) is 4.35. The first-order chi connectivity index (χ1) is 8.60. The summed E-state index contributed by atoms with van der Waals surface area (Å²) < 4.78 is 0. The number of nitrogens with one attached hydrogen (secondary N) is 1. The second-order valence-corrected chi connectivity index (χ2v) is 6.66. The Morgan fingerprint density at radius 3 is 2.78 bits per heavy atom. The van der Waals surface area contributed by atoms with Crippen molar-refractivity contribution in [3.05, 3.63) is 16.1 Å². The summed E-state index contributed by atoms with van der Waals surface area (Å²) in [6.45, 7) is 8.50. The fourth-order valence-corrected chi connectivity index (χ4v) is 3.62. The van der Waals surface area contributed by atoms with E-state index in [4.69, 9.17) is 0 Å². The minimum atomic E-state index is 0.419. The lowest BCUT2D eigenvalue weighted by molar-refractivity contribution is 0.888. The predicted octanol–water partition coefficient (Wildman–Crippen LogP) is 4.35. The molecule has 2 aromatic heterocycles. The van der Waals surface area contributed by atoms with E-state index in [9.17, 15) is 0 Å². The molecular weight excluding hydrogens is 262 g/mol. The normalized spacial score (nSPS) is 11.2. The summed E-state index contributed by atoms with van der Waals surface area (Å²) in [6, 6.07) is 0.419. The average Bonchev–Trinajstić information content (AvgIpc) is 2.85. The Bertz CT molecular complexity index is 514. The first-order valence-electron chi connectivity index (χ1n) is 6.29. The second-order valence-electron chi connectivity index (χ2n) is 4.60. The molecular formula is C13H19N3S2. The quantitative estimate of drug-likeness (QED) is 0.885. The second kappa shape index (κ2) is 5.80. The number of hydrogen-bond donors (Lipinski definition) is 1. The Hall–Kier alpha value is -0.940. The zero-order valence-electron chi connectivity index (χ0n) is 11.3. The molecule has 0 aliphatic carbocycles. The topological polar surface area (TPSA) is 37.8 Å². The van der Waals surface area contributed by atoms with Crippen molar-refractivity contribution < 1.29 is 0 Å². The van der Waals surface area contributed by atoms with E-state index >= 15 is 0 Å². The van der Waals surface area contributed by atoms with Crippen LogP contribution in [0.3, 0.4) is 0 Å². The molecule has 0 saturated heterocycles. The van der Waals surface area contributed by atoms with Gasteiger partial charge < -0.3 is 5.32 Å². The van der Waals surface area contributed by atoms with E-state index in [1.807, 2.05) is 0 Å². The molecule has 0 bridgehead atoms. The molecule has 98 valence electrons. The maximum atomic E-state index is 4.65. The standard InChI is InChI=1S/C13H19N3S2/c1-5-6-10-12(18-9(4)15-10)11-7-17-13(16-11)14-8(2)3/h7-8H,5-6H2,1-4H3,(H,14,16). The highest BCUT2D eigenvalue weighted by Gasteiger charge is 2.13. The monoisotopic (exact) mass is 281 g/mol. The van der Waals surface area contributed by atoms with Crippen molar-refractivity contribution in [3.8, 4) is 10.6 Å². The Morgan fingerprint density at radius 1 is 1.33 bits per heavy atom. The van der Waals surface area contributed by atoms with Crippen LogP contribution in [-0.2, 0) is 6.42 Å². The van der Waals surface area contributed by atoms with Crippen LogP contribution in [0.25, 0.3) is 10.6 Å². The minimum absolute atomic E-state index is 0.419. The number of rotatable bonds is 5. The van der Waals surface area contributed by atoms with Crippen LogP contribution >= 0.6 is 22.7 Å². The largest absolute Gasteiger partial charge is 0.359 e. The minimum Gasteiger partial charge on any atom is -0.359 e. The van der Waals surface area contributed by atoms with E-state index < -0.39 is 0 Å². The van der Waals surface area contributed by atoms with Crippen LogP contribution in [0.15, 0.2) is 5.38 Å². The molecule has 2 heterocycles. The summed E-state index contributed by atoms with van der Waals surface area (Å²) in [5.41, 5.74) is 2.26. The molecule has 0 aliphatic heterocycles. The van der Waals surface area contributed by atoms with E-state index in [-0.39, 0.29) is 0 Å². The number of aryl methyl sites for hydroxylation is 2. The summed E-state index contributed by atoms with van der Waals surface area (Å²) in [6.07, 6.45) is 2.15. The summed E-state index contributed by atoms with van der Waals surface area (Å²) in [4.78, 5) is 10.5. The number of anilines is 1. The molecule has 0 radical (unpaired) electrons. The van der Waals surface area contributed by atoms with Crippen molar-refractivity contribution >= 4 is 27.8 Å². The van der Waals surface area contributed by atoms with E-state index in [1.165, 1.54) is 10.6 Å². The summed E-state index contributed by atoms with van der Waals surface area (Å²) in [7, 11) is 0. The molecule has 0 atom stereocenters. The van der Waals surface area contributed by atoms with Crippen LogP contribution in [-0.4, -0.2) is 16.0 Å². The van der Waals surface area contributed by atoms with Gasteiger partial charge in [0, 0.05) is 11.4 Å². The predicted molar refractivity (Wildman–Crippen MR) is 80.7 cm³/mol. The number of aromatic nitrogens is 2. The van der Waals surface area contributed by atoms with Crippen LogP contribution in [0, 0.1) is 6.92 Å². The van der Waals surface area contributed by atoms with Gasteiger partial charge in [-0.2, -0.15) is 0 Å². The lowest BCUT2D eigenvalue weighted by Crippen LogP contribution is -2.08. The van der Waals surface area contributed by atoms with E-state index in [0.29, 0.717) is 6.04 Å². The van der Waals surface area contributed by atoms with Crippen molar-refractivity contribution in [2.75, 3.05) is 5.32 Å². The Morgan fingerprint density at radius 2 is 2.11 bits per heavy atom. The molecule has 0 aromatic carbocycles. The van der Waals surface area contributed by atoms with Gasteiger partial charge >= 0.3 is 0 Å². The Labute approximate surface area is 116 Å². The van der Waals surface area contributed by atoms with Crippen LogP contribution in [0.1, 0.15) is 37.9 Å². The highest BCUT2D eigenvalue weighted by Crippen LogP contribution is 2.33. The van der Waals surface area contributed by atoms with Gasteiger partial charge in [-0.15, -0.1) is 22.7 Å². The fraction of sp³-hybridized carbons (Fsp3) is 0.538. The third kappa shape index (κ3) is 3.09. The van der Waals surface area contributed by atoms with Gasteiger partial charge in [0.05, 0.1) is 21.3 Å². The lowest BCUT2D eigenvalue weighted by Gasteiger charge is -2.04. The molecule has 2 rings (SSSR count).